The molecular weight excluding hydrogens is 426 g/mol. The summed E-state index contributed by atoms with van der Waals surface area (Å²) < 4.78 is 32.4. The van der Waals surface area contributed by atoms with Gasteiger partial charge in [-0.05, 0) is 24.1 Å². The van der Waals surface area contributed by atoms with E-state index >= 15 is 0 Å². The van der Waals surface area contributed by atoms with Gasteiger partial charge in [0.25, 0.3) is 5.09 Å². The average Bonchev–Trinajstić information content (AvgIpc) is 2.65. The molecule has 1 atom stereocenters. The van der Waals surface area contributed by atoms with Gasteiger partial charge in [-0.15, -0.1) is 10.1 Å². The van der Waals surface area contributed by atoms with Gasteiger partial charge >= 0.3 is 11.9 Å². The maximum atomic E-state index is 12.2. The first-order valence-electron chi connectivity index (χ1n) is 8.47. The molecule has 0 radical (unpaired) electrons. The fourth-order valence-corrected chi connectivity index (χ4v) is 2.56. The van der Waals surface area contributed by atoms with E-state index in [9.17, 15) is 32.9 Å². The molecule has 1 aromatic carbocycles. The van der Waals surface area contributed by atoms with E-state index in [4.69, 9.17) is 14.6 Å². The molecule has 3 N–H and O–H groups in total. The molecule has 0 aliphatic rings. The zero-order valence-corrected chi connectivity index (χ0v) is 16.8. The molecule has 166 valence electrons. The summed E-state index contributed by atoms with van der Waals surface area (Å²) in [5.41, 5.74) is 0.458. The lowest BCUT2D eigenvalue weighted by atomic mass is 10.2. The van der Waals surface area contributed by atoms with Crippen LogP contribution in [-0.2, 0) is 45.3 Å². The zero-order valence-electron chi connectivity index (χ0n) is 15.9. The van der Waals surface area contributed by atoms with Crippen LogP contribution >= 0.6 is 0 Å². The van der Waals surface area contributed by atoms with Crippen molar-refractivity contribution in [1.82, 2.24) is 5.32 Å². The first kappa shape index (κ1) is 24.8. The zero-order chi connectivity index (χ0) is 22.7. The predicted molar refractivity (Wildman–Crippen MR) is 98.4 cm³/mol. The second-order valence-electron chi connectivity index (χ2n) is 5.89. The van der Waals surface area contributed by atoms with Gasteiger partial charge in [0.05, 0.1) is 11.5 Å². The van der Waals surface area contributed by atoms with Crippen molar-refractivity contribution in [3.8, 4) is 0 Å². The van der Waals surface area contributed by atoms with Crippen LogP contribution in [0.2, 0.25) is 0 Å². The molecule has 1 amide bonds. The number of esters is 2. The molecule has 0 aliphatic carbocycles. The van der Waals surface area contributed by atoms with Crippen LogP contribution in [0.5, 0.6) is 0 Å². The van der Waals surface area contributed by atoms with Crippen LogP contribution in [0.25, 0.3) is 0 Å². The summed E-state index contributed by atoms with van der Waals surface area (Å²) in [7, 11) is -3.85. The van der Waals surface area contributed by atoms with Crippen LogP contribution in [0.3, 0.4) is 0 Å². The molecule has 1 aromatic rings. The lowest BCUT2D eigenvalue weighted by molar-refractivity contribution is -0.757. The van der Waals surface area contributed by atoms with Crippen molar-refractivity contribution in [1.29, 1.82) is 0 Å². The second-order valence-corrected chi connectivity index (χ2v) is 7.45. The molecule has 13 nitrogen and oxygen atoms in total. The van der Waals surface area contributed by atoms with E-state index < -0.39 is 45.6 Å². The number of benzene rings is 1. The minimum absolute atomic E-state index is 0.0313. The number of hydrogen-bond acceptors (Lipinski definition) is 10. The Labute approximate surface area is 171 Å². The molecule has 0 aromatic heterocycles. The van der Waals surface area contributed by atoms with Gasteiger partial charge in [0.15, 0.2) is 6.04 Å². The third kappa shape index (κ3) is 9.79. The van der Waals surface area contributed by atoms with Gasteiger partial charge in [0, 0.05) is 13.3 Å². The molecule has 0 bridgehead atoms. The highest BCUT2D eigenvalue weighted by molar-refractivity contribution is 7.89. The fourth-order valence-electron chi connectivity index (χ4n) is 2.05. The van der Waals surface area contributed by atoms with Crippen molar-refractivity contribution in [3.63, 3.8) is 0 Å². The number of ether oxygens (including phenoxy) is 2. The summed E-state index contributed by atoms with van der Waals surface area (Å²) in [6, 6.07) is 4.01. The third-order valence-corrected chi connectivity index (χ3v) is 4.36. The standard InChI is InChI=1S/C16H21N3O10S/c1-11(20)18-14(10-27-15(21)3-2-8-29-19(23)24)16(22)28-9-12-4-6-13(7-5-12)30(17,25)26/h4-7,14H,2-3,8-10H2,1H3,(H,18,20)(H2,17,25,26). The summed E-state index contributed by atoms with van der Waals surface area (Å²) in [5.74, 6) is -2.20. The summed E-state index contributed by atoms with van der Waals surface area (Å²) in [6.07, 6.45) is -0.157. The summed E-state index contributed by atoms with van der Waals surface area (Å²) >= 11 is 0. The Hall–Kier alpha value is -3.26. The highest BCUT2D eigenvalue weighted by atomic mass is 32.2. The molecular formula is C16H21N3O10S. The van der Waals surface area contributed by atoms with Gasteiger partial charge in [-0.1, -0.05) is 12.1 Å². The Bertz CT molecular complexity index is 870. The van der Waals surface area contributed by atoms with Gasteiger partial charge in [-0.25, -0.2) is 18.4 Å². The Morgan fingerprint density at radius 1 is 1.20 bits per heavy atom. The molecule has 0 fully saturated rings. The number of sulfonamides is 1. The van der Waals surface area contributed by atoms with E-state index in [1.165, 1.54) is 24.3 Å². The normalized spacial score (nSPS) is 11.8. The van der Waals surface area contributed by atoms with E-state index in [0.717, 1.165) is 6.92 Å². The Balaban J connectivity index is 2.55. The molecule has 0 saturated heterocycles. The third-order valence-electron chi connectivity index (χ3n) is 3.43. The van der Waals surface area contributed by atoms with Crippen LogP contribution in [-0.4, -0.2) is 50.6 Å². The number of nitrogens with one attached hydrogen (secondary N) is 1. The fraction of sp³-hybridized carbons (Fsp3) is 0.438. The van der Waals surface area contributed by atoms with Gasteiger partial charge < -0.3 is 19.6 Å². The molecule has 1 unspecified atom stereocenters. The summed E-state index contributed by atoms with van der Waals surface area (Å²) in [6.45, 7) is 0.135. The van der Waals surface area contributed by atoms with Crippen LogP contribution in [0.15, 0.2) is 29.2 Å². The monoisotopic (exact) mass is 447 g/mol. The van der Waals surface area contributed by atoms with Crippen molar-refractivity contribution < 1.29 is 42.2 Å². The minimum Gasteiger partial charge on any atom is -0.463 e. The quantitative estimate of drug-likeness (QED) is 0.181. The molecule has 0 heterocycles. The van der Waals surface area contributed by atoms with E-state index in [-0.39, 0.29) is 31.0 Å². The lowest BCUT2D eigenvalue weighted by Gasteiger charge is -2.17. The van der Waals surface area contributed by atoms with Crippen molar-refractivity contribution in [2.75, 3.05) is 13.2 Å². The smallest absolute Gasteiger partial charge is 0.332 e. The molecule has 30 heavy (non-hydrogen) atoms. The molecule has 0 saturated carbocycles. The second kappa shape index (κ2) is 11.7. The van der Waals surface area contributed by atoms with E-state index in [1.807, 2.05) is 0 Å². The number of nitrogens with two attached hydrogens (primary N) is 1. The Kier molecular flexibility index (Phi) is 9.64. The number of nitrogens with zero attached hydrogens (tertiary/aromatic N) is 1. The van der Waals surface area contributed by atoms with Crippen molar-refractivity contribution in [3.05, 3.63) is 39.9 Å². The van der Waals surface area contributed by atoms with Crippen LogP contribution in [0, 0.1) is 10.1 Å². The van der Waals surface area contributed by atoms with Gasteiger partial charge in [0.1, 0.15) is 13.2 Å². The lowest BCUT2D eigenvalue weighted by Crippen LogP contribution is -2.44. The Morgan fingerprint density at radius 3 is 2.37 bits per heavy atom. The SMILES string of the molecule is CC(=O)NC(COC(=O)CCCO[N+](=O)[O-])C(=O)OCc1ccc(S(N)(=O)=O)cc1. The van der Waals surface area contributed by atoms with Crippen LogP contribution < -0.4 is 10.5 Å². The number of amides is 1. The van der Waals surface area contributed by atoms with E-state index in [2.05, 4.69) is 10.2 Å². The van der Waals surface area contributed by atoms with Gasteiger partial charge in [-0.3, -0.25) is 9.59 Å². The molecule has 1 rings (SSSR count). The van der Waals surface area contributed by atoms with Crippen LogP contribution in [0.1, 0.15) is 25.3 Å². The van der Waals surface area contributed by atoms with Gasteiger partial charge in [-0.2, -0.15) is 0 Å². The first-order valence-corrected chi connectivity index (χ1v) is 10.0. The highest BCUT2D eigenvalue weighted by Crippen LogP contribution is 2.10. The minimum atomic E-state index is -3.85. The van der Waals surface area contributed by atoms with Crippen LogP contribution in [0.4, 0.5) is 0 Å². The van der Waals surface area contributed by atoms with Gasteiger partial charge in [0.2, 0.25) is 15.9 Å². The number of hydrogen-bond donors (Lipinski definition) is 2. The number of primary sulfonamides is 1. The maximum absolute atomic E-state index is 12.2. The largest absolute Gasteiger partial charge is 0.463 e. The number of carbonyl (C=O) groups is 3. The summed E-state index contributed by atoms with van der Waals surface area (Å²) in [4.78, 5) is 49.0. The predicted octanol–water partition coefficient (Wildman–Crippen LogP) is -0.586. The topological polar surface area (TPSA) is 194 Å². The van der Waals surface area contributed by atoms with Crippen molar-refractivity contribution >= 4 is 27.9 Å². The average molecular weight is 447 g/mol. The first-order chi connectivity index (χ1) is 14.0. The highest BCUT2D eigenvalue weighted by Gasteiger charge is 2.23. The summed E-state index contributed by atoms with van der Waals surface area (Å²) in [5, 5.41) is 16.3. The Morgan fingerprint density at radius 2 is 1.83 bits per heavy atom. The van der Waals surface area contributed by atoms with E-state index in [1.54, 1.807) is 0 Å². The maximum Gasteiger partial charge on any atom is 0.332 e. The molecule has 0 spiro atoms. The van der Waals surface area contributed by atoms with E-state index in [0.29, 0.717) is 5.56 Å². The number of rotatable bonds is 12. The van der Waals surface area contributed by atoms with Crippen molar-refractivity contribution in [2.24, 2.45) is 5.14 Å². The molecule has 14 heteroatoms. The van der Waals surface area contributed by atoms with Crippen molar-refractivity contribution in [2.45, 2.75) is 37.3 Å². The number of carbonyl (C=O) groups excluding carboxylic acids is 3. The molecule has 0 aliphatic heterocycles.